The summed E-state index contributed by atoms with van der Waals surface area (Å²) in [5.41, 5.74) is 4.24. The maximum absolute atomic E-state index is 12.9. The highest BCUT2D eigenvalue weighted by Crippen LogP contribution is 2.44. The minimum absolute atomic E-state index is 0.196. The number of hydrogen-bond donors (Lipinski definition) is 0. The standard InChI is InChI=1S/C22H26N4OS/c1-13-10-16-18(11-26(22(16)27)15-4-2-3-5-15)23-20(13)25-9-8-17-19(12-25)28-21(24-17)14-6-7-14/h10,14-15H,2-9,11-12H2,1H3. The molecule has 2 aliphatic heterocycles. The molecular weight excluding hydrogens is 368 g/mol. The summed E-state index contributed by atoms with van der Waals surface area (Å²) in [6.07, 6.45) is 8.42. The maximum Gasteiger partial charge on any atom is 0.256 e. The Kier molecular flexibility index (Phi) is 3.80. The van der Waals surface area contributed by atoms with Crippen LogP contribution in [0.25, 0.3) is 0 Å². The summed E-state index contributed by atoms with van der Waals surface area (Å²) < 4.78 is 0. The van der Waals surface area contributed by atoms with Crippen LogP contribution in [0.4, 0.5) is 5.82 Å². The van der Waals surface area contributed by atoms with Crippen molar-refractivity contribution in [3.63, 3.8) is 0 Å². The van der Waals surface area contributed by atoms with Crippen molar-refractivity contribution in [2.24, 2.45) is 0 Å². The molecule has 5 nitrogen and oxygen atoms in total. The van der Waals surface area contributed by atoms with Gasteiger partial charge in [-0.05, 0) is 44.2 Å². The Morgan fingerprint density at radius 1 is 1.07 bits per heavy atom. The first kappa shape index (κ1) is 17.0. The van der Waals surface area contributed by atoms with Gasteiger partial charge in [0.1, 0.15) is 5.82 Å². The van der Waals surface area contributed by atoms with Crippen LogP contribution < -0.4 is 4.90 Å². The lowest BCUT2D eigenvalue weighted by Crippen LogP contribution is -2.33. The molecule has 2 saturated carbocycles. The van der Waals surface area contributed by atoms with Crippen molar-refractivity contribution in [1.29, 1.82) is 0 Å². The summed E-state index contributed by atoms with van der Waals surface area (Å²) in [5, 5.41) is 1.35. The van der Waals surface area contributed by atoms with E-state index in [1.165, 1.54) is 41.3 Å². The van der Waals surface area contributed by atoms with Crippen LogP contribution in [0.3, 0.4) is 0 Å². The number of aryl methyl sites for hydroxylation is 1. The first-order valence-electron chi connectivity index (χ1n) is 10.7. The molecule has 2 aromatic heterocycles. The number of hydrogen-bond acceptors (Lipinski definition) is 5. The van der Waals surface area contributed by atoms with E-state index in [2.05, 4.69) is 22.8 Å². The zero-order valence-electron chi connectivity index (χ0n) is 16.4. The number of carbonyl (C=O) groups is 1. The molecule has 2 fully saturated rings. The van der Waals surface area contributed by atoms with Gasteiger partial charge in [0.25, 0.3) is 5.91 Å². The van der Waals surface area contributed by atoms with Crippen LogP contribution in [-0.2, 0) is 19.5 Å². The number of rotatable bonds is 3. The number of aromatic nitrogens is 2. The number of nitrogens with zero attached hydrogens (tertiary/aromatic N) is 4. The second kappa shape index (κ2) is 6.28. The van der Waals surface area contributed by atoms with Crippen LogP contribution >= 0.6 is 11.3 Å². The zero-order valence-corrected chi connectivity index (χ0v) is 17.2. The van der Waals surface area contributed by atoms with Crippen LogP contribution in [0.2, 0.25) is 0 Å². The quantitative estimate of drug-likeness (QED) is 0.783. The van der Waals surface area contributed by atoms with E-state index in [0.717, 1.165) is 60.9 Å². The molecular formula is C22H26N4OS. The Balaban J connectivity index is 1.28. The van der Waals surface area contributed by atoms with Gasteiger partial charge in [0, 0.05) is 29.8 Å². The molecule has 4 heterocycles. The van der Waals surface area contributed by atoms with Crippen molar-refractivity contribution in [3.8, 4) is 0 Å². The number of thiazole rings is 1. The predicted molar refractivity (Wildman–Crippen MR) is 110 cm³/mol. The number of anilines is 1. The molecule has 1 amide bonds. The Morgan fingerprint density at radius 2 is 1.89 bits per heavy atom. The Bertz CT molecular complexity index is 958. The smallest absolute Gasteiger partial charge is 0.256 e. The van der Waals surface area contributed by atoms with Crippen molar-refractivity contribution < 1.29 is 4.79 Å². The normalized spacial score (nSPS) is 22.1. The van der Waals surface area contributed by atoms with Gasteiger partial charge >= 0.3 is 0 Å². The summed E-state index contributed by atoms with van der Waals surface area (Å²) >= 11 is 1.91. The van der Waals surface area contributed by atoms with Crippen molar-refractivity contribution >= 4 is 23.1 Å². The lowest BCUT2D eigenvalue weighted by Gasteiger charge is -2.28. The Hall–Kier alpha value is -1.95. The monoisotopic (exact) mass is 394 g/mol. The van der Waals surface area contributed by atoms with Crippen LogP contribution in [0.1, 0.15) is 81.6 Å². The molecule has 2 aromatic rings. The number of pyridine rings is 1. The van der Waals surface area contributed by atoms with Crippen LogP contribution in [0, 0.1) is 6.92 Å². The fourth-order valence-corrected chi connectivity index (χ4v) is 6.36. The van der Waals surface area contributed by atoms with Crippen LogP contribution in [0.5, 0.6) is 0 Å². The predicted octanol–water partition coefficient (Wildman–Crippen LogP) is 4.19. The van der Waals surface area contributed by atoms with Crippen LogP contribution in [-0.4, -0.2) is 33.4 Å². The third kappa shape index (κ3) is 2.68. The Labute approximate surface area is 169 Å². The molecule has 146 valence electrons. The second-order valence-corrected chi connectivity index (χ2v) is 9.98. The molecule has 0 radical (unpaired) electrons. The summed E-state index contributed by atoms with van der Waals surface area (Å²) in [5.74, 6) is 1.99. The molecule has 0 spiro atoms. The topological polar surface area (TPSA) is 49.3 Å². The van der Waals surface area contributed by atoms with Crippen molar-refractivity contribution in [3.05, 3.63) is 38.5 Å². The highest BCUT2D eigenvalue weighted by molar-refractivity contribution is 7.11. The van der Waals surface area contributed by atoms with Crippen molar-refractivity contribution in [2.75, 3.05) is 11.4 Å². The van der Waals surface area contributed by atoms with Gasteiger partial charge in [-0.15, -0.1) is 11.3 Å². The molecule has 28 heavy (non-hydrogen) atoms. The number of carbonyl (C=O) groups excluding carboxylic acids is 1. The average Bonchev–Trinajstić information content (AvgIpc) is 3.11. The fourth-order valence-electron chi connectivity index (χ4n) is 5.07. The number of amides is 1. The highest BCUT2D eigenvalue weighted by atomic mass is 32.1. The van der Waals surface area contributed by atoms with E-state index in [0.29, 0.717) is 12.6 Å². The van der Waals surface area contributed by atoms with E-state index >= 15 is 0 Å². The van der Waals surface area contributed by atoms with Gasteiger partial charge in [0.15, 0.2) is 0 Å². The largest absolute Gasteiger partial charge is 0.351 e. The molecule has 2 aliphatic carbocycles. The van der Waals surface area contributed by atoms with E-state index < -0.39 is 0 Å². The molecule has 0 aromatic carbocycles. The van der Waals surface area contributed by atoms with Gasteiger partial charge in [-0.2, -0.15) is 0 Å². The SMILES string of the molecule is Cc1cc2c(nc1N1CCc3nc(C4CC4)sc3C1)CN(C1CCCC1)C2=O. The van der Waals surface area contributed by atoms with E-state index in [1.807, 2.05) is 11.3 Å². The molecule has 0 atom stereocenters. The first-order chi connectivity index (χ1) is 13.7. The zero-order chi connectivity index (χ0) is 18.8. The van der Waals surface area contributed by atoms with Gasteiger partial charge in [0.05, 0.1) is 35.0 Å². The molecule has 0 saturated heterocycles. The number of fused-ring (bicyclic) bond motifs is 2. The fraction of sp³-hybridized carbons (Fsp3) is 0.591. The maximum atomic E-state index is 12.9. The summed E-state index contributed by atoms with van der Waals surface area (Å²) in [6, 6.07) is 2.51. The van der Waals surface area contributed by atoms with E-state index in [1.54, 1.807) is 0 Å². The van der Waals surface area contributed by atoms with Gasteiger partial charge in [0.2, 0.25) is 0 Å². The van der Waals surface area contributed by atoms with E-state index in [-0.39, 0.29) is 5.91 Å². The molecule has 0 N–H and O–H groups in total. The van der Waals surface area contributed by atoms with Crippen LogP contribution in [0.15, 0.2) is 6.07 Å². The van der Waals surface area contributed by atoms with Crippen molar-refractivity contribution in [1.82, 2.24) is 14.9 Å². The first-order valence-corrected chi connectivity index (χ1v) is 11.5. The summed E-state index contributed by atoms with van der Waals surface area (Å²) in [6.45, 7) is 4.67. The summed E-state index contributed by atoms with van der Waals surface area (Å²) in [7, 11) is 0. The minimum atomic E-state index is 0.196. The van der Waals surface area contributed by atoms with Crippen molar-refractivity contribution in [2.45, 2.75) is 76.9 Å². The average molecular weight is 395 g/mol. The lowest BCUT2D eigenvalue weighted by molar-refractivity contribution is 0.0706. The third-order valence-corrected chi connectivity index (χ3v) is 8.06. The van der Waals surface area contributed by atoms with Gasteiger partial charge in [-0.25, -0.2) is 9.97 Å². The second-order valence-electron chi connectivity index (χ2n) is 8.86. The minimum Gasteiger partial charge on any atom is -0.351 e. The van der Waals surface area contributed by atoms with E-state index in [4.69, 9.17) is 9.97 Å². The summed E-state index contributed by atoms with van der Waals surface area (Å²) in [4.78, 5) is 28.7. The third-order valence-electron chi connectivity index (χ3n) is 6.82. The Morgan fingerprint density at radius 3 is 2.68 bits per heavy atom. The molecule has 6 rings (SSSR count). The molecule has 4 aliphatic rings. The molecule has 6 heteroatoms. The van der Waals surface area contributed by atoms with Gasteiger partial charge in [-0.3, -0.25) is 4.79 Å². The molecule has 0 bridgehead atoms. The van der Waals surface area contributed by atoms with Gasteiger partial charge in [-0.1, -0.05) is 12.8 Å². The molecule has 0 unspecified atom stereocenters. The van der Waals surface area contributed by atoms with Gasteiger partial charge < -0.3 is 9.80 Å². The lowest BCUT2D eigenvalue weighted by atomic mass is 10.1. The highest BCUT2D eigenvalue weighted by Gasteiger charge is 2.36. The van der Waals surface area contributed by atoms with E-state index in [9.17, 15) is 4.79 Å².